The fourth-order valence-electron chi connectivity index (χ4n) is 1.05. The average molecular weight is 291 g/mol. The summed E-state index contributed by atoms with van der Waals surface area (Å²) >= 11 is 2.31. The molecule has 0 unspecified atom stereocenters. The minimum absolute atomic E-state index is 0.888. The molecule has 1 rings (SSSR count). The Hall–Kier alpha value is -0.0331. The van der Waals surface area contributed by atoms with Crippen molar-refractivity contribution in [3.8, 4) is 0 Å². The number of anilines is 1. The highest BCUT2D eigenvalue weighted by Crippen LogP contribution is 2.11. The van der Waals surface area contributed by atoms with Crippen LogP contribution in [-0.2, 0) is 0 Å². The van der Waals surface area contributed by atoms with Gasteiger partial charge in [0.1, 0.15) is 0 Å². The average Bonchev–Trinajstić information content (AvgIpc) is 1.82. The highest BCUT2D eigenvalue weighted by atomic mass is 127. The topological polar surface area (TPSA) is 26.0 Å². The van der Waals surface area contributed by atoms with E-state index in [1.807, 2.05) is 6.07 Å². The molecule has 0 aliphatic rings. The van der Waals surface area contributed by atoms with Crippen molar-refractivity contribution in [3.63, 3.8) is 0 Å². The molecule has 1 nitrogen and oxygen atoms in total. The van der Waals surface area contributed by atoms with Crippen molar-refractivity contribution in [3.05, 3.63) is 21.8 Å². The monoisotopic (exact) mass is 291 g/mol. The van der Waals surface area contributed by atoms with Crippen LogP contribution in [0.3, 0.4) is 0 Å². The van der Waals surface area contributed by atoms with E-state index in [0.29, 0.717) is 0 Å². The first-order valence-electron chi connectivity index (χ1n) is 3.96. The van der Waals surface area contributed by atoms with Crippen LogP contribution in [0.4, 0.5) is 5.69 Å². The molecule has 0 atom stereocenters. The Morgan fingerprint density at radius 2 is 1.75 bits per heavy atom. The minimum Gasteiger partial charge on any atom is -0.399 e. The zero-order chi connectivity index (χ0) is 9.35. The molecule has 66 valence electrons. The van der Waals surface area contributed by atoms with Crippen LogP contribution in [0, 0.1) is 3.57 Å². The second kappa shape index (κ2) is 3.37. The summed E-state index contributed by atoms with van der Waals surface area (Å²) in [6.45, 7) is 6.99. The van der Waals surface area contributed by atoms with E-state index in [1.54, 1.807) is 0 Å². The molecule has 0 saturated carbocycles. The molecule has 0 aliphatic heterocycles. The Labute approximate surface area is 88.5 Å². The van der Waals surface area contributed by atoms with Crippen LogP contribution >= 0.6 is 22.6 Å². The zero-order valence-electron chi connectivity index (χ0n) is 7.69. The van der Waals surface area contributed by atoms with Crippen molar-refractivity contribution in [2.75, 3.05) is 5.73 Å². The summed E-state index contributed by atoms with van der Waals surface area (Å²) in [6.07, 6.45) is 0. The zero-order valence-corrected chi connectivity index (χ0v) is 10.8. The molecule has 1 aromatic rings. The van der Waals surface area contributed by atoms with Crippen molar-refractivity contribution >= 4 is 41.5 Å². The lowest BCUT2D eigenvalue weighted by molar-refractivity contribution is 1.63. The first-order chi connectivity index (χ1) is 5.39. The summed E-state index contributed by atoms with van der Waals surface area (Å²) in [7, 11) is -1.18. The maximum atomic E-state index is 5.77. The molecule has 0 bridgehead atoms. The highest BCUT2D eigenvalue weighted by Gasteiger charge is 2.16. The normalized spacial score (nSPS) is 11.7. The molecule has 0 aliphatic carbocycles. The Morgan fingerprint density at radius 3 is 2.17 bits per heavy atom. The first kappa shape index (κ1) is 10.1. The fraction of sp³-hybridized carbons (Fsp3) is 0.333. The van der Waals surface area contributed by atoms with Gasteiger partial charge in [-0.15, -0.1) is 0 Å². The molecular weight excluding hydrogens is 277 g/mol. The number of nitrogens with two attached hydrogens (primary N) is 1. The van der Waals surface area contributed by atoms with Crippen molar-refractivity contribution in [1.82, 2.24) is 0 Å². The number of hydrogen-bond donors (Lipinski definition) is 1. The van der Waals surface area contributed by atoms with E-state index < -0.39 is 8.07 Å². The fourth-order valence-corrected chi connectivity index (χ4v) is 3.22. The molecule has 2 N–H and O–H groups in total. The third-order valence-electron chi connectivity index (χ3n) is 1.79. The molecular formula is C9H14INSi. The van der Waals surface area contributed by atoms with E-state index in [1.165, 1.54) is 8.76 Å². The Bertz CT molecular complexity index is 271. The Morgan fingerprint density at radius 1 is 1.17 bits per heavy atom. The lowest BCUT2D eigenvalue weighted by atomic mass is 10.3. The van der Waals surface area contributed by atoms with Gasteiger partial charge in [0.05, 0.1) is 8.07 Å². The smallest absolute Gasteiger partial charge is 0.0777 e. The maximum absolute atomic E-state index is 5.77. The molecule has 0 spiro atoms. The standard InChI is InChI=1S/C9H14INSi/c1-12(2,3)9-5-7(10)4-8(11)6-9/h4-6H,11H2,1-3H3. The van der Waals surface area contributed by atoms with Crippen LogP contribution < -0.4 is 10.9 Å². The van der Waals surface area contributed by atoms with Gasteiger partial charge in [0.2, 0.25) is 0 Å². The van der Waals surface area contributed by atoms with Crippen LogP contribution in [0.25, 0.3) is 0 Å². The molecule has 0 amide bonds. The molecule has 0 heterocycles. The minimum atomic E-state index is -1.18. The summed E-state index contributed by atoms with van der Waals surface area (Å²) in [5, 5.41) is 1.44. The van der Waals surface area contributed by atoms with Gasteiger partial charge in [-0.25, -0.2) is 0 Å². The van der Waals surface area contributed by atoms with Crippen LogP contribution in [0.15, 0.2) is 18.2 Å². The summed E-state index contributed by atoms with van der Waals surface area (Å²) in [4.78, 5) is 0. The second-order valence-corrected chi connectivity index (χ2v) is 10.3. The van der Waals surface area contributed by atoms with Crippen LogP contribution in [0.5, 0.6) is 0 Å². The second-order valence-electron chi connectivity index (χ2n) is 4.02. The number of rotatable bonds is 1. The molecule has 0 fully saturated rings. The van der Waals surface area contributed by atoms with Gasteiger partial charge in [-0.05, 0) is 40.8 Å². The van der Waals surface area contributed by atoms with Crippen molar-refractivity contribution < 1.29 is 0 Å². The number of halogens is 1. The van der Waals surface area contributed by atoms with Crippen molar-refractivity contribution in [2.45, 2.75) is 19.6 Å². The summed E-state index contributed by atoms with van der Waals surface area (Å²) in [6, 6.07) is 6.35. The molecule has 12 heavy (non-hydrogen) atoms. The van der Waals surface area contributed by atoms with E-state index >= 15 is 0 Å². The van der Waals surface area contributed by atoms with Crippen molar-refractivity contribution in [1.29, 1.82) is 0 Å². The third-order valence-corrected chi connectivity index (χ3v) is 4.43. The van der Waals surface area contributed by atoms with Gasteiger partial charge >= 0.3 is 0 Å². The third kappa shape index (κ3) is 2.48. The van der Waals surface area contributed by atoms with Crippen LogP contribution in [0.2, 0.25) is 19.6 Å². The summed E-state index contributed by atoms with van der Waals surface area (Å²) in [5.41, 5.74) is 6.66. The van der Waals surface area contributed by atoms with Gasteiger partial charge < -0.3 is 5.73 Å². The van der Waals surface area contributed by atoms with Gasteiger partial charge in [-0.2, -0.15) is 0 Å². The van der Waals surface area contributed by atoms with Crippen LogP contribution in [0.1, 0.15) is 0 Å². The van der Waals surface area contributed by atoms with Crippen molar-refractivity contribution in [2.24, 2.45) is 0 Å². The lowest BCUT2D eigenvalue weighted by Gasteiger charge is -2.17. The molecule has 0 aromatic heterocycles. The number of hydrogen-bond acceptors (Lipinski definition) is 1. The lowest BCUT2D eigenvalue weighted by Crippen LogP contribution is -2.37. The van der Waals surface area contributed by atoms with Gasteiger partial charge in [0.15, 0.2) is 0 Å². The summed E-state index contributed by atoms with van der Waals surface area (Å²) in [5.74, 6) is 0. The van der Waals surface area contributed by atoms with E-state index in [9.17, 15) is 0 Å². The van der Waals surface area contributed by atoms with E-state index in [2.05, 4.69) is 54.4 Å². The molecule has 3 heteroatoms. The van der Waals surface area contributed by atoms with Gasteiger partial charge in [-0.3, -0.25) is 0 Å². The molecule has 1 aromatic carbocycles. The Kier molecular flexibility index (Phi) is 2.83. The van der Waals surface area contributed by atoms with Gasteiger partial charge in [-0.1, -0.05) is 24.8 Å². The largest absolute Gasteiger partial charge is 0.399 e. The number of benzene rings is 1. The van der Waals surface area contributed by atoms with E-state index in [-0.39, 0.29) is 0 Å². The molecule has 0 saturated heterocycles. The number of nitrogen functional groups attached to an aromatic ring is 1. The predicted octanol–water partition coefficient (Wildman–Crippen LogP) is 2.42. The first-order valence-corrected chi connectivity index (χ1v) is 8.54. The van der Waals surface area contributed by atoms with Gasteiger partial charge in [0.25, 0.3) is 0 Å². The SMILES string of the molecule is C[Si](C)(C)c1cc(N)cc(I)c1. The summed E-state index contributed by atoms with van der Waals surface area (Å²) < 4.78 is 1.24. The quantitative estimate of drug-likeness (QED) is 0.480. The maximum Gasteiger partial charge on any atom is 0.0777 e. The van der Waals surface area contributed by atoms with E-state index in [4.69, 9.17) is 5.73 Å². The van der Waals surface area contributed by atoms with Crippen LogP contribution in [-0.4, -0.2) is 8.07 Å². The highest BCUT2D eigenvalue weighted by molar-refractivity contribution is 14.1. The van der Waals surface area contributed by atoms with E-state index in [0.717, 1.165) is 5.69 Å². The molecule has 0 radical (unpaired) electrons. The predicted molar refractivity (Wildman–Crippen MR) is 66.6 cm³/mol. The van der Waals surface area contributed by atoms with Gasteiger partial charge in [0, 0.05) is 9.26 Å². The Balaban J connectivity index is 3.18.